The molecular weight excluding hydrogens is 329 g/mol. The predicted molar refractivity (Wildman–Crippen MR) is 99.6 cm³/mol. The summed E-state index contributed by atoms with van der Waals surface area (Å²) in [6, 6.07) is 12.8. The van der Waals surface area contributed by atoms with Crippen LogP contribution in [0.4, 0.5) is 4.39 Å². The third-order valence-electron chi connectivity index (χ3n) is 4.48. The predicted octanol–water partition coefficient (Wildman–Crippen LogP) is 4.59. The molecule has 4 nitrogen and oxygen atoms in total. The first kappa shape index (κ1) is 16.4. The van der Waals surface area contributed by atoms with Crippen LogP contribution in [0.15, 0.2) is 61.1 Å². The Morgan fingerprint density at radius 2 is 1.81 bits per heavy atom. The first-order valence-corrected chi connectivity index (χ1v) is 8.41. The highest BCUT2D eigenvalue weighted by Crippen LogP contribution is 2.28. The highest BCUT2D eigenvalue weighted by molar-refractivity contribution is 5.85. The molecule has 5 heteroatoms. The number of para-hydroxylation sites is 1. The van der Waals surface area contributed by atoms with E-state index < -0.39 is 6.10 Å². The average Bonchev–Trinajstić information content (AvgIpc) is 3.04. The number of fused-ring (bicyclic) bond motifs is 1. The van der Waals surface area contributed by atoms with Gasteiger partial charge in [0.05, 0.1) is 11.6 Å². The quantitative estimate of drug-likeness (QED) is 0.590. The Labute approximate surface area is 150 Å². The molecule has 0 aliphatic heterocycles. The maximum atomic E-state index is 14.1. The summed E-state index contributed by atoms with van der Waals surface area (Å²) in [7, 11) is 0. The van der Waals surface area contributed by atoms with Gasteiger partial charge in [-0.3, -0.25) is 4.57 Å². The molecule has 2 aromatic carbocycles. The van der Waals surface area contributed by atoms with Gasteiger partial charge in [-0.25, -0.2) is 14.4 Å². The van der Waals surface area contributed by atoms with E-state index in [1.165, 1.54) is 6.07 Å². The lowest BCUT2D eigenvalue weighted by atomic mass is 10.1. The number of halogens is 1. The molecule has 0 aliphatic rings. The van der Waals surface area contributed by atoms with Gasteiger partial charge in [-0.15, -0.1) is 0 Å². The second kappa shape index (κ2) is 6.35. The molecule has 2 aromatic heterocycles. The molecule has 26 heavy (non-hydrogen) atoms. The lowest BCUT2D eigenvalue weighted by Crippen LogP contribution is -2.00. The average molecular weight is 347 g/mol. The van der Waals surface area contributed by atoms with Gasteiger partial charge in [0.2, 0.25) is 5.95 Å². The molecule has 1 N–H and O–H groups in total. The van der Waals surface area contributed by atoms with Crippen molar-refractivity contribution in [2.75, 3.05) is 0 Å². The van der Waals surface area contributed by atoms with Gasteiger partial charge >= 0.3 is 0 Å². The molecule has 1 atom stereocenters. The molecule has 0 saturated heterocycles. The minimum atomic E-state index is -0.596. The number of aryl methyl sites for hydroxylation is 1. The number of rotatable bonds is 3. The number of hydrogen-bond acceptors (Lipinski definition) is 3. The summed E-state index contributed by atoms with van der Waals surface area (Å²) in [5, 5.41) is 11.0. The van der Waals surface area contributed by atoms with Gasteiger partial charge in [-0.1, -0.05) is 29.8 Å². The molecule has 0 radical (unpaired) electrons. The van der Waals surface area contributed by atoms with E-state index in [2.05, 4.69) is 9.97 Å². The van der Waals surface area contributed by atoms with Crippen LogP contribution in [-0.4, -0.2) is 19.6 Å². The van der Waals surface area contributed by atoms with Crippen molar-refractivity contribution in [1.29, 1.82) is 0 Å². The normalized spacial score (nSPS) is 12.5. The van der Waals surface area contributed by atoms with Crippen molar-refractivity contribution in [3.63, 3.8) is 0 Å². The Balaban J connectivity index is 1.81. The number of benzene rings is 2. The first-order valence-electron chi connectivity index (χ1n) is 8.41. The van der Waals surface area contributed by atoms with Crippen LogP contribution < -0.4 is 0 Å². The highest BCUT2D eigenvalue weighted by Gasteiger charge is 2.15. The first-order chi connectivity index (χ1) is 12.5. The topological polar surface area (TPSA) is 50.9 Å². The third kappa shape index (κ3) is 2.76. The Morgan fingerprint density at radius 1 is 1.08 bits per heavy atom. The molecule has 0 amide bonds. The zero-order valence-electron chi connectivity index (χ0n) is 14.5. The molecule has 0 fully saturated rings. The van der Waals surface area contributed by atoms with Crippen molar-refractivity contribution in [2.45, 2.75) is 20.0 Å². The van der Waals surface area contributed by atoms with Crippen LogP contribution in [-0.2, 0) is 0 Å². The molecule has 1 unspecified atom stereocenters. The van der Waals surface area contributed by atoms with Crippen molar-refractivity contribution in [3.8, 4) is 17.1 Å². The molecule has 4 aromatic rings. The van der Waals surface area contributed by atoms with Crippen molar-refractivity contribution in [3.05, 3.63) is 78.0 Å². The van der Waals surface area contributed by atoms with E-state index in [1.807, 2.05) is 42.0 Å². The van der Waals surface area contributed by atoms with E-state index in [0.29, 0.717) is 17.1 Å². The summed E-state index contributed by atoms with van der Waals surface area (Å²) in [6.45, 7) is 3.65. The van der Waals surface area contributed by atoms with E-state index >= 15 is 0 Å². The number of hydrogen-bond donors (Lipinski definition) is 1. The molecule has 130 valence electrons. The molecule has 4 rings (SSSR count). The van der Waals surface area contributed by atoms with E-state index in [-0.39, 0.29) is 5.82 Å². The Hall–Kier alpha value is -3.05. The summed E-state index contributed by atoms with van der Waals surface area (Å²) in [4.78, 5) is 8.84. The standard InChI is InChI=1S/C21H18FN3O/c1-13-7-8-19(22)17(9-13)15-10-23-21(24-11-15)25-12-18(14(2)26)16-5-3-4-6-20(16)25/h3-12,14,26H,1-2H3. The number of aromatic nitrogens is 3. The number of nitrogens with zero attached hydrogens (tertiary/aromatic N) is 3. The summed E-state index contributed by atoms with van der Waals surface area (Å²) in [5.74, 6) is 0.180. The van der Waals surface area contributed by atoms with Crippen molar-refractivity contribution < 1.29 is 9.50 Å². The lowest BCUT2D eigenvalue weighted by Gasteiger charge is -2.07. The largest absolute Gasteiger partial charge is 0.389 e. The maximum Gasteiger partial charge on any atom is 0.234 e. The SMILES string of the molecule is Cc1ccc(F)c(-c2cnc(-n3cc(C(C)O)c4ccccc43)nc2)c1. The fourth-order valence-electron chi connectivity index (χ4n) is 3.15. The second-order valence-corrected chi connectivity index (χ2v) is 6.40. The maximum absolute atomic E-state index is 14.1. The van der Waals surface area contributed by atoms with Crippen LogP contribution in [0.2, 0.25) is 0 Å². The van der Waals surface area contributed by atoms with E-state index in [0.717, 1.165) is 22.0 Å². The number of aliphatic hydroxyl groups excluding tert-OH is 1. The van der Waals surface area contributed by atoms with Gasteiger partial charge in [-0.05, 0) is 32.0 Å². The fourth-order valence-corrected chi connectivity index (χ4v) is 3.15. The summed E-state index contributed by atoms with van der Waals surface area (Å²) < 4.78 is 15.9. The van der Waals surface area contributed by atoms with Gasteiger partial charge in [0.15, 0.2) is 0 Å². The van der Waals surface area contributed by atoms with Gasteiger partial charge in [0.25, 0.3) is 0 Å². The van der Waals surface area contributed by atoms with Crippen LogP contribution in [0.3, 0.4) is 0 Å². The van der Waals surface area contributed by atoms with Crippen molar-refractivity contribution in [1.82, 2.24) is 14.5 Å². The fraction of sp³-hybridized carbons (Fsp3) is 0.143. The molecule has 2 heterocycles. The van der Waals surface area contributed by atoms with Gasteiger partial charge in [0, 0.05) is 40.7 Å². The third-order valence-corrected chi connectivity index (χ3v) is 4.48. The van der Waals surface area contributed by atoms with Crippen LogP contribution >= 0.6 is 0 Å². The molecule has 0 bridgehead atoms. The molecular formula is C21H18FN3O. The molecule has 0 spiro atoms. The second-order valence-electron chi connectivity index (χ2n) is 6.40. The zero-order valence-corrected chi connectivity index (χ0v) is 14.5. The Morgan fingerprint density at radius 3 is 2.54 bits per heavy atom. The van der Waals surface area contributed by atoms with Crippen molar-refractivity contribution in [2.24, 2.45) is 0 Å². The minimum Gasteiger partial charge on any atom is -0.389 e. The van der Waals surface area contributed by atoms with Crippen LogP contribution in [0.25, 0.3) is 28.0 Å². The highest BCUT2D eigenvalue weighted by atomic mass is 19.1. The molecule has 0 aliphatic carbocycles. The Kier molecular flexibility index (Phi) is 4.01. The minimum absolute atomic E-state index is 0.297. The van der Waals surface area contributed by atoms with Crippen molar-refractivity contribution >= 4 is 10.9 Å². The lowest BCUT2D eigenvalue weighted by molar-refractivity contribution is 0.201. The van der Waals surface area contributed by atoms with E-state index in [4.69, 9.17) is 0 Å². The van der Waals surface area contributed by atoms with Crippen LogP contribution in [0.1, 0.15) is 24.2 Å². The van der Waals surface area contributed by atoms with Crippen LogP contribution in [0.5, 0.6) is 0 Å². The van der Waals surface area contributed by atoms with E-state index in [9.17, 15) is 9.50 Å². The summed E-state index contributed by atoms with van der Waals surface area (Å²) >= 11 is 0. The summed E-state index contributed by atoms with van der Waals surface area (Å²) in [6.07, 6.45) is 4.49. The Bertz CT molecular complexity index is 1080. The van der Waals surface area contributed by atoms with Crippen LogP contribution in [0, 0.1) is 12.7 Å². The van der Waals surface area contributed by atoms with Gasteiger partial charge in [-0.2, -0.15) is 0 Å². The van der Waals surface area contributed by atoms with Gasteiger partial charge in [0.1, 0.15) is 5.82 Å². The smallest absolute Gasteiger partial charge is 0.234 e. The van der Waals surface area contributed by atoms with Gasteiger partial charge < -0.3 is 5.11 Å². The zero-order chi connectivity index (χ0) is 18.3. The summed E-state index contributed by atoms with van der Waals surface area (Å²) in [5.41, 5.74) is 3.82. The van der Waals surface area contributed by atoms with E-state index in [1.54, 1.807) is 31.5 Å². The monoisotopic (exact) mass is 347 g/mol. The molecule has 0 saturated carbocycles. The number of aliphatic hydroxyl groups is 1.